The number of nitrogen functional groups attached to an aromatic ring is 1. The van der Waals surface area contributed by atoms with Gasteiger partial charge in [0.15, 0.2) is 5.82 Å². The molecular weight excluding hydrogens is 228 g/mol. The first-order valence-electron chi connectivity index (χ1n) is 4.49. The lowest BCUT2D eigenvalue weighted by Gasteiger charge is -2.00. The number of anilines is 1. The first-order valence-corrected chi connectivity index (χ1v) is 4.86. The average Bonchev–Trinajstić information content (AvgIpc) is 2.60. The van der Waals surface area contributed by atoms with Crippen LogP contribution in [-0.2, 0) is 0 Å². The molecule has 4 N–H and O–H groups in total. The molecular formula is C10H9ClN4O. The summed E-state index contributed by atoms with van der Waals surface area (Å²) >= 11 is 5.84. The Kier molecular flexibility index (Phi) is 2.54. The molecule has 1 aromatic carbocycles. The number of halogens is 1. The molecule has 0 spiro atoms. The maximum atomic E-state index is 11.0. The fourth-order valence-corrected chi connectivity index (χ4v) is 1.51. The highest BCUT2D eigenvalue weighted by Gasteiger charge is 2.11. The van der Waals surface area contributed by atoms with Crippen LogP contribution >= 0.6 is 11.6 Å². The van der Waals surface area contributed by atoms with Crippen LogP contribution in [-0.4, -0.2) is 15.7 Å². The summed E-state index contributed by atoms with van der Waals surface area (Å²) in [6.07, 6.45) is 1.48. The van der Waals surface area contributed by atoms with Gasteiger partial charge in [-0.05, 0) is 18.2 Å². The maximum absolute atomic E-state index is 11.0. The zero-order valence-electron chi connectivity index (χ0n) is 8.22. The molecule has 0 saturated carbocycles. The number of amides is 1. The Morgan fingerprint density at radius 1 is 1.44 bits per heavy atom. The van der Waals surface area contributed by atoms with Crippen LogP contribution in [0, 0.1) is 0 Å². The molecule has 0 aliphatic heterocycles. The summed E-state index contributed by atoms with van der Waals surface area (Å²) in [5.41, 5.74) is 11.6. The lowest BCUT2D eigenvalue weighted by atomic mass is 10.3. The zero-order chi connectivity index (χ0) is 11.7. The van der Waals surface area contributed by atoms with Gasteiger partial charge in [0.05, 0.1) is 5.69 Å². The normalized spacial score (nSPS) is 10.3. The number of hydrogen-bond donors (Lipinski definition) is 2. The monoisotopic (exact) mass is 236 g/mol. The molecule has 1 amide bonds. The Morgan fingerprint density at radius 3 is 2.75 bits per heavy atom. The van der Waals surface area contributed by atoms with Crippen LogP contribution in [0.5, 0.6) is 0 Å². The van der Waals surface area contributed by atoms with Gasteiger partial charge in [-0.25, -0.2) is 4.68 Å². The number of nitrogens with two attached hydrogens (primary N) is 2. The van der Waals surface area contributed by atoms with E-state index in [4.69, 9.17) is 23.1 Å². The summed E-state index contributed by atoms with van der Waals surface area (Å²) in [5.74, 6) is -0.502. The van der Waals surface area contributed by atoms with E-state index in [9.17, 15) is 4.79 Å². The standard InChI is InChI=1S/C10H9ClN4O/c11-6-2-1-3-7(4-6)15-5-8(10(13)16)9(12)14-15/h1-5H,(H2,12,14)(H2,13,16). The molecule has 0 aliphatic rings. The van der Waals surface area contributed by atoms with Gasteiger partial charge in [0.1, 0.15) is 5.56 Å². The second-order valence-corrected chi connectivity index (χ2v) is 3.65. The topological polar surface area (TPSA) is 86.9 Å². The summed E-state index contributed by atoms with van der Waals surface area (Å²) in [7, 11) is 0. The van der Waals surface area contributed by atoms with E-state index in [0.717, 1.165) is 0 Å². The number of hydrogen-bond acceptors (Lipinski definition) is 3. The molecule has 2 rings (SSSR count). The van der Waals surface area contributed by atoms with Crippen LogP contribution in [0.3, 0.4) is 0 Å². The SMILES string of the molecule is NC(=O)c1cn(-c2cccc(Cl)c2)nc1N. The number of rotatable bonds is 2. The molecule has 5 nitrogen and oxygen atoms in total. The Labute approximate surface area is 96.6 Å². The fraction of sp³-hybridized carbons (Fsp3) is 0. The number of aromatic nitrogens is 2. The number of nitrogens with zero attached hydrogens (tertiary/aromatic N) is 2. The third-order valence-corrected chi connectivity index (χ3v) is 2.32. The Balaban J connectivity index is 2.49. The molecule has 82 valence electrons. The van der Waals surface area contributed by atoms with Crippen molar-refractivity contribution in [2.45, 2.75) is 0 Å². The lowest BCUT2D eigenvalue weighted by Crippen LogP contribution is -2.11. The Bertz CT molecular complexity index is 550. The molecule has 0 unspecified atom stereocenters. The van der Waals surface area contributed by atoms with E-state index in [0.29, 0.717) is 10.7 Å². The number of carbonyl (C=O) groups excluding carboxylic acids is 1. The Morgan fingerprint density at radius 2 is 2.19 bits per heavy atom. The second-order valence-electron chi connectivity index (χ2n) is 3.22. The molecule has 16 heavy (non-hydrogen) atoms. The number of benzene rings is 1. The van der Waals surface area contributed by atoms with E-state index in [1.54, 1.807) is 24.3 Å². The molecule has 0 fully saturated rings. The van der Waals surface area contributed by atoms with Gasteiger partial charge in [0.2, 0.25) is 0 Å². The van der Waals surface area contributed by atoms with Gasteiger partial charge in [0, 0.05) is 11.2 Å². The summed E-state index contributed by atoms with van der Waals surface area (Å²) in [5, 5.41) is 4.55. The molecule has 0 saturated heterocycles. The number of carbonyl (C=O) groups is 1. The third-order valence-electron chi connectivity index (χ3n) is 2.08. The van der Waals surface area contributed by atoms with Crippen molar-refractivity contribution < 1.29 is 4.79 Å². The van der Waals surface area contributed by atoms with Gasteiger partial charge in [-0.1, -0.05) is 17.7 Å². The lowest BCUT2D eigenvalue weighted by molar-refractivity contribution is 0.100. The highest BCUT2D eigenvalue weighted by Crippen LogP contribution is 2.17. The summed E-state index contributed by atoms with van der Waals surface area (Å²) < 4.78 is 1.46. The van der Waals surface area contributed by atoms with E-state index in [1.807, 2.05) is 0 Å². The van der Waals surface area contributed by atoms with Gasteiger partial charge in [0.25, 0.3) is 5.91 Å². The molecule has 0 atom stereocenters. The van der Waals surface area contributed by atoms with Crippen LogP contribution in [0.4, 0.5) is 5.82 Å². The van der Waals surface area contributed by atoms with Crippen LogP contribution in [0.1, 0.15) is 10.4 Å². The van der Waals surface area contributed by atoms with Gasteiger partial charge in [-0.15, -0.1) is 5.10 Å². The van der Waals surface area contributed by atoms with Gasteiger partial charge < -0.3 is 11.5 Å². The van der Waals surface area contributed by atoms with E-state index >= 15 is 0 Å². The van der Waals surface area contributed by atoms with Gasteiger partial charge >= 0.3 is 0 Å². The van der Waals surface area contributed by atoms with E-state index in [1.165, 1.54) is 10.9 Å². The van der Waals surface area contributed by atoms with Crippen molar-refractivity contribution in [3.63, 3.8) is 0 Å². The van der Waals surface area contributed by atoms with Gasteiger partial charge in [-0.2, -0.15) is 0 Å². The second kappa shape index (κ2) is 3.86. The summed E-state index contributed by atoms with van der Waals surface area (Å²) in [6.45, 7) is 0. The molecule has 0 bridgehead atoms. The first kappa shape index (κ1) is 10.5. The zero-order valence-corrected chi connectivity index (χ0v) is 8.98. The highest BCUT2D eigenvalue weighted by molar-refractivity contribution is 6.30. The van der Waals surface area contributed by atoms with Crippen molar-refractivity contribution in [1.82, 2.24) is 9.78 Å². The molecule has 0 aliphatic carbocycles. The van der Waals surface area contributed by atoms with Crippen LogP contribution in [0.2, 0.25) is 5.02 Å². The van der Waals surface area contributed by atoms with Crippen molar-refractivity contribution in [3.8, 4) is 5.69 Å². The van der Waals surface area contributed by atoms with Crippen LogP contribution < -0.4 is 11.5 Å². The highest BCUT2D eigenvalue weighted by atomic mass is 35.5. The minimum absolute atomic E-state index is 0.104. The van der Waals surface area contributed by atoms with Crippen molar-refractivity contribution in [3.05, 3.63) is 41.0 Å². The largest absolute Gasteiger partial charge is 0.382 e. The predicted molar refractivity (Wildman–Crippen MR) is 61.5 cm³/mol. The fourth-order valence-electron chi connectivity index (χ4n) is 1.33. The molecule has 0 radical (unpaired) electrons. The maximum Gasteiger partial charge on any atom is 0.254 e. The molecule has 2 aromatic rings. The molecule has 6 heteroatoms. The van der Waals surface area contributed by atoms with E-state index in [2.05, 4.69) is 5.10 Å². The van der Waals surface area contributed by atoms with Crippen molar-refractivity contribution in [1.29, 1.82) is 0 Å². The predicted octanol–water partition coefficient (Wildman–Crippen LogP) is 1.21. The number of primary amides is 1. The van der Waals surface area contributed by atoms with Gasteiger partial charge in [-0.3, -0.25) is 4.79 Å². The van der Waals surface area contributed by atoms with Crippen molar-refractivity contribution >= 4 is 23.3 Å². The van der Waals surface area contributed by atoms with Crippen LogP contribution in [0.15, 0.2) is 30.5 Å². The van der Waals surface area contributed by atoms with E-state index < -0.39 is 5.91 Å². The molecule has 1 aromatic heterocycles. The quantitative estimate of drug-likeness (QED) is 0.822. The third kappa shape index (κ3) is 1.85. The molecule has 1 heterocycles. The smallest absolute Gasteiger partial charge is 0.254 e. The summed E-state index contributed by atoms with van der Waals surface area (Å²) in [6, 6.07) is 7.02. The first-order chi connectivity index (χ1) is 7.58. The van der Waals surface area contributed by atoms with Crippen LogP contribution in [0.25, 0.3) is 5.69 Å². The average molecular weight is 237 g/mol. The Hall–Kier alpha value is -2.01. The van der Waals surface area contributed by atoms with E-state index in [-0.39, 0.29) is 11.4 Å². The minimum atomic E-state index is -0.606. The van der Waals surface area contributed by atoms with Crippen molar-refractivity contribution in [2.75, 3.05) is 5.73 Å². The van der Waals surface area contributed by atoms with Crippen molar-refractivity contribution in [2.24, 2.45) is 5.73 Å². The minimum Gasteiger partial charge on any atom is -0.382 e. The summed E-state index contributed by atoms with van der Waals surface area (Å²) in [4.78, 5) is 11.0.